The summed E-state index contributed by atoms with van der Waals surface area (Å²) in [6.07, 6.45) is 1.07. The molecule has 15 heavy (non-hydrogen) atoms. The normalized spacial score (nSPS) is 12.5. The van der Waals surface area contributed by atoms with Gasteiger partial charge in [0.1, 0.15) is 0 Å². The van der Waals surface area contributed by atoms with Crippen LogP contribution in [0.3, 0.4) is 0 Å². The summed E-state index contributed by atoms with van der Waals surface area (Å²) < 4.78 is 0. The molecule has 0 saturated carbocycles. The van der Waals surface area contributed by atoms with E-state index in [-0.39, 0.29) is 0 Å². The lowest BCUT2D eigenvalue weighted by Gasteiger charge is -2.13. The van der Waals surface area contributed by atoms with Crippen LogP contribution >= 0.6 is 0 Å². The fourth-order valence-electron chi connectivity index (χ4n) is 1.85. The van der Waals surface area contributed by atoms with E-state index in [1.54, 1.807) is 0 Å². The molecule has 2 heteroatoms. The van der Waals surface area contributed by atoms with Crippen molar-refractivity contribution in [3.05, 3.63) is 34.4 Å². The maximum Gasteiger partial charge on any atom is 0.336 e. The van der Waals surface area contributed by atoms with Gasteiger partial charge in [0.2, 0.25) is 0 Å². The van der Waals surface area contributed by atoms with Gasteiger partial charge in [-0.05, 0) is 42.9 Å². The highest BCUT2D eigenvalue weighted by atomic mass is 16.4. The fourth-order valence-corrected chi connectivity index (χ4v) is 1.85. The highest BCUT2D eigenvalue weighted by Crippen LogP contribution is 2.24. The highest BCUT2D eigenvalue weighted by Gasteiger charge is 2.13. The minimum atomic E-state index is -0.833. The number of hydrogen-bond donors (Lipinski definition) is 1. The summed E-state index contributed by atoms with van der Waals surface area (Å²) in [5.41, 5.74) is 3.40. The van der Waals surface area contributed by atoms with Crippen LogP contribution in [0.25, 0.3) is 0 Å². The van der Waals surface area contributed by atoms with Crippen molar-refractivity contribution < 1.29 is 9.90 Å². The van der Waals surface area contributed by atoms with E-state index in [9.17, 15) is 4.79 Å². The topological polar surface area (TPSA) is 37.3 Å². The molecule has 0 bridgehead atoms. The molecule has 0 amide bonds. The lowest BCUT2D eigenvalue weighted by Crippen LogP contribution is -2.05. The number of rotatable bonds is 3. The van der Waals surface area contributed by atoms with Gasteiger partial charge in [-0.3, -0.25) is 0 Å². The van der Waals surface area contributed by atoms with Crippen LogP contribution in [0.5, 0.6) is 0 Å². The Kier molecular flexibility index (Phi) is 3.51. The second-order valence-corrected chi connectivity index (χ2v) is 4.14. The molecule has 82 valence electrons. The molecule has 1 unspecified atom stereocenters. The van der Waals surface area contributed by atoms with Gasteiger partial charge in [0.25, 0.3) is 0 Å². The van der Waals surface area contributed by atoms with Gasteiger partial charge in [0, 0.05) is 0 Å². The van der Waals surface area contributed by atoms with Crippen molar-refractivity contribution in [3.8, 4) is 0 Å². The SMILES string of the molecule is CCC(C)c1cc(C)c(C(=O)O)c(C)c1. The predicted octanol–water partition coefficient (Wildman–Crippen LogP) is 3.52. The molecule has 2 nitrogen and oxygen atoms in total. The molecule has 1 aromatic carbocycles. The number of aryl methyl sites for hydroxylation is 2. The van der Waals surface area contributed by atoms with Crippen molar-refractivity contribution >= 4 is 5.97 Å². The molecule has 1 rings (SSSR count). The Labute approximate surface area is 90.9 Å². The van der Waals surface area contributed by atoms with Crippen LogP contribution in [-0.2, 0) is 0 Å². The number of benzene rings is 1. The smallest absolute Gasteiger partial charge is 0.336 e. The third-order valence-electron chi connectivity index (χ3n) is 2.95. The average molecular weight is 206 g/mol. The Morgan fingerprint density at radius 3 is 2.13 bits per heavy atom. The van der Waals surface area contributed by atoms with Crippen LogP contribution in [0.1, 0.15) is 53.2 Å². The zero-order chi connectivity index (χ0) is 11.6. The van der Waals surface area contributed by atoms with Crippen molar-refractivity contribution in [3.63, 3.8) is 0 Å². The minimum absolute atomic E-state index is 0.446. The maximum absolute atomic E-state index is 11.0. The maximum atomic E-state index is 11.0. The second-order valence-electron chi connectivity index (χ2n) is 4.14. The van der Waals surface area contributed by atoms with E-state index in [4.69, 9.17) is 5.11 Å². The molecule has 0 aliphatic rings. The monoisotopic (exact) mass is 206 g/mol. The van der Waals surface area contributed by atoms with Gasteiger partial charge in [-0.25, -0.2) is 4.79 Å². The zero-order valence-corrected chi connectivity index (χ0v) is 9.79. The van der Waals surface area contributed by atoms with E-state index >= 15 is 0 Å². The third kappa shape index (κ3) is 2.38. The van der Waals surface area contributed by atoms with Gasteiger partial charge in [-0.1, -0.05) is 26.0 Å². The number of hydrogen-bond acceptors (Lipinski definition) is 1. The molecule has 1 N–H and O–H groups in total. The van der Waals surface area contributed by atoms with Crippen molar-refractivity contribution in [2.45, 2.75) is 40.0 Å². The molecule has 0 aliphatic carbocycles. The molecule has 0 fully saturated rings. The third-order valence-corrected chi connectivity index (χ3v) is 2.95. The van der Waals surface area contributed by atoms with Gasteiger partial charge in [-0.2, -0.15) is 0 Å². The Balaban J connectivity index is 3.25. The van der Waals surface area contributed by atoms with Crippen molar-refractivity contribution in [1.82, 2.24) is 0 Å². The van der Waals surface area contributed by atoms with E-state index in [0.29, 0.717) is 11.5 Å². The Morgan fingerprint density at radius 2 is 1.80 bits per heavy atom. The lowest BCUT2D eigenvalue weighted by molar-refractivity contribution is 0.0695. The van der Waals surface area contributed by atoms with Crippen LogP contribution in [0.2, 0.25) is 0 Å². The van der Waals surface area contributed by atoms with Crippen LogP contribution in [0.15, 0.2) is 12.1 Å². The molecular formula is C13H18O2. The number of carboxylic acids is 1. The summed E-state index contributed by atoms with van der Waals surface area (Å²) in [5.74, 6) is -0.342. The van der Waals surface area contributed by atoms with Crippen LogP contribution < -0.4 is 0 Å². The Hall–Kier alpha value is -1.31. The first-order valence-corrected chi connectivity index (χ1v) is 5.31. The van der Waals surface area contributed by atoms with Gasteiger partial charge < -0.3 is 5.11 Å². The highest BCUT2D eigenvalue weighted by molar-refractivity contribution is 5.91. The van der Waals surface area contributed by atoms with E-state index in [2.05, 4.69) is 13.8 Å². The lowest BCUT2D eigenvalue weighted by atomic mass is 9.92. The Bertz CT molecular complexity index is 357. The largest absolute Gasteiger partial charge is 0.478 e. The summed E-state index contributed by atoms with van der Waals surface area (Å²) >= 11 is 0. The molecule has 0 radical (unpaired) electrons. The predicted molar refractivity (Wildman–Crippen MR) is 61.6 cm³/mol. The summed E-state index contributed by atoms with van der Waals surface area (Å²) in [6.45, 7) is 8.03. The molecular weight excluding hydrogens is 188 g/mol. The summed E-state index contributed by atoms with van der Waals surface area (Å²) in [7, 11) is 0. The van der Waals surface area contributed by atoms with Gasteiger partial charge in [0.15, 0.2) is 0 Å². The van der Waals surface area contributed by atoms with E-state index in [0.717, 1.165) is 17.5 Å². The Morgan fingerprint density at radius 1 is 1.33 bits per heavy atom. The molecule has 0 heterocycles. The van der Waals surface area contributed by atoms with Gasteiger partial charge >= 0.3 is 5.97 Å². The average Bonchev–Trinajstić information content (AvgIpc) is 2.14. The van der Waals surface area contributed by atoms with Crippen molar-refractivity contribution in [2.75, 3.05) is 0 Å². The number of aromatic carboxylic acids is 1. The van der Waals surface area contributed by atoms with Crippen molar-refractivity contribution in [2.24, 2.45) is 0 Å². The standard InChI is InChI=1S/C13H18O2/c1-5-8(2)11-6-9(3)12(13(14)15)10(4)7-11/h6-8H,5H2,1-4H3,(H,14,15). The molecule has 0 spiro atoms. The molecule has 0 saturated heterocycles. The second kappa shape index (κ2) is 4.47. The van der Waals surface area contributed by atoms with E-state index < -0.39 is 5.97 Å². The summed E-state index contributed by atoms with van der Waals surface area (Å²) in [5, 5.41) is 9.03. The van der Waals surface area contributed by atoms with Crippen LogP contribution in [0.4, 0.5) is 0 Å². The summed E-state index contributed by atoms with van der Waals surface area (Å²) in [6, 6.07) is 3.98. The molecule has 0 aromatic heterocycles. The van der Waals surface area contributed by atoms with Crippen LogP contribution in [-0.4, -0.2) is 11.1 Å². The first-order valence-electron chi connectivity index (χ1n) is 5.31. The first-order chi connectivity index (χ1) is 6.97. The van der Waals surface area contributed by atoms with E-state index in [1.165, 1.54) is 5.56 Å². The van der Waals surface area contributed by atoms with Gasteiger partial charge in [0.05, 0.1) is 5.56 Å². The molecule has 1 atom stereocenters. The number of carbonyl (C=O) groups is 1. The minimum Gasteiger partial charge on any atom is -0.478 e. The van der Waals surface area contributed by atoms with E-state index in [1.807, 2.05) is 26.0 Å². The number of carboxylic acid groups (broad SMARTS) is 1. The molecule has 0 aliphatic heterocycles. The first kappa shape index (κ1) is 11.8. The van der Waals surface area contributed by atoms with Crippen molar-refractivity contribution in [1.29, 1.82) is 0 Å². The zero-order valence-electron chi connectivity index (χ0n) is 9.79. The van der Waals surface area contributed by atoms with Gasteiger partial charge in [-0.15, -0.1) is 0 Å². The fraction of sp³-hybridized carbons (Fsp3) is 0.462. The quantitative estimate of drug-likeness (QED) is 0.821. The molecule has 1 aromatic rings. The van der Waals surface area contributed by atoms with Crippen LogP contribution in [0, 0.1) is 13.8 Å². The summed E-state index contributed by atoms with van der Waals surface area (Å²) in [4.78, 5) is 11.0.